The molecule has 1 N–H and O–H groups in total. The molecule has 1 unspecified atom stereocenters. The van der Waals surface area contributed by atoms with Crippen molar-refractivity contribution < 1.29 is 14.3 Å². The van der Waals surface area contributed by atoms with Crippen molar-refractivity contribution in [2.24, 2.45) is 0 Å². The van der Waals surface area contributed by atoms with E-state index in [1.807, 2.05) is 53.4 Å². The highest BCUT2D eigenvalue weighted by atomic mass is 16.5. The minimum absolute atomic E-state index is 0.0354. The van der Waals surface area contributed by atoms with Gasteiger partial charge in [0.15, 0.2) is 0 Å². The molecule has 0 saturated heterocycles. The highest BCUT2D eigenvalue weighted by Gasteiger charge is 2.32. The predicted octanol–water partition coefficient (Wildman–Crippen LogP) is 3.30. The number of carbonyl (C=O) groups is 1. The SMILES string of the molecule is COCCCN1C(=O)c2ccccc2NC1c1cccc(OC)c1. The molecule has 0 bridgehead atoms. The molecule has 0 saturated carbocycles. The van der Waals surface area contributed by atoms with Gasteiger partial charge in [-0.25, -0.2) is 0 Å². The Balaban J connectivity index is 1.95. The quantitative estimate of drug-likeness (QED) is 0.828. The third-order valence-electron chi connectivity index (χ3n) is 4.18. The molecule has 2 aromatic rings. The Kier molecular flexibility index (Phi) is 5.01. The fourth-order valence-corrected chi connectivity index (χ4v) is 2.98. The van der Waals surface area contributed by atoms with E-state index >= 15 is 0 Å². The molecule has 1 amide bonds. The second-order valence-corrected chi connectivity index (χ2v) is 5.71. The number of anilines is 1. The van der Waals surface area contributed by atoms with E-state index in [0.29, 0.717) is 18.7 Å². The minimum Gasteiger partial charge on any atom is -0.497 e. The first-order valence-corrected chi connectivity index (χ1v) is 8.04. The van der Waals surface area contributed by atoms with Gasteiger partial charge >= 0.3 is 0 Å². The number of hydrogen-bond donors (Lipinski definition) is 1. The lowest BCUT2D eigenvalue weighted by Gasteiger charge is -2.38. The lowest BCUT2D eigenvalue weighted by molar-refractivity contribution is 0.0660. The van der Waals surface area contributed by atoms with Gasteiger partial charge in [0, 0.05) is 25.9 Å². The molecule has 1 atom stereocenters. The van der Waals surface area contributed by atoms with Gasteiger partial charge in [-0.2, -0.15) is 0 Å². The summed E-state index contributed by atoms with van der Waals surface area (Å²) < 4.78 is 10.5. The number of methoxy groups -OCH3 is 2. The lowest BCUT2D eigenvalue weighted by Crippen LogP contribution is -2.43. The van der Waals surface area contributed by atoms with Crippen LogP contribution in [0.2, 0.25) is 0 Å². The van der Waals surface area contributed by atoms with Crippen LogP contribution in [0.5, 0.6) is 5.75 Å². The predicted molar refractivity (Wildman–Crippen MR) is 93.3 cm³/mol. The van der Waals surface area contributed by atoms with Gasteiger partial charge in [-0.15, -0.1) is 0 Å². The summed E-state index contributed by atoms with van der Waals surface area (Å²) in [5.41, 5.74) is 2.56. The zero-order chi connectivity index (χ0) is 16.9. The summed E-state index contributed by atoms with van der Waals surface area (Å²) >= 11 is 0. The topological polar surface area (TPSA) is 50.8 Å². The first-order valence-electron chi connectivity index (χ1n) is 8.04. The third-order valence-corrected chi connectivity index (χ3v) is 4.18. The summed E-state index contributed by atoms with van der Waals surface area (Å²) in [6.07, 6.45) is 0.561. The van der Waals surface area contributed by atoms with E-state index in [4.69, 9.17) is 9.47 Å². The Labute approximate surface area is 142 Å². The number of rotatable bonds is 6. The van der Waals surface area contributed by atoms with Gasteiger partial charge in [-0.3, -0.25) is 4.79 Å². The fraction of sp³-hybridized carbons (Fsp3) is 0.316. The lowest BCUT2D eigenvalue weighted by atomic mass is 10.0. The Morgan fingerprint density at radius 2 is 1.96 bits per heavy atom. The highest BCUT2D eigenvalue weighted by molar-refractivity contribution is 6.01. The second-order valence-electron chi connectivity index (χ2n) is 5.71. The van der Waals surface area contributed by atoms with Gasteiger partial charge in [-0.1, -0.05) is 24.3 Å². The van der Waals surface area contributed by atoms with Gasteiger partial charge in [0.05, 0.1) is 12.7 Å². The van der Waals surface area contributed by atoms with Crippen LogP contribution >= 0.6 is 0 Å². The van der Waals surface area contributed by atoms with Crippen molar-refractivity contribution in [3.63, 3.8) is 0 Å². The third kappa shape index (κ3) is 3.21. The van der Waals surface area contributed by atoms with E-state index in [9.17, 15) is 4.79 Å². The first-order chi connectivity index (χ1) is 11.7. The van der Waals surface area contributed by atoms with Crippen LogP contribution in [0.1, 0.15) is 28.5 Å². The van der Waals surface area contributed by atoms with Crippen molar-refractivity contribution in [2.45, 2.75) is 12.6 Å². The monoisotopic (exact) mass is 326 g/mol. The highest BCUT2D eigenvalue weighted by Crippen LogP contribution is 2.34. The number of para-hydroxylation sites is 1. The van der Waals surface area contributed by atoms with E-state index in [1.165, 1.54) is 0 Å². The molecule has 0 aromatic heterocycles. The van der Waals surface area contributed by atoms with Gasteiger partial charge in [0.25, 0.3) is 5.91 Å². The van der Waals surface area contributed by atoms with Crippen LogP contribution in [0.25, 0.3) is 0 Å². The van der Waals surface area contributed by atoms with E-state index in [-0.39, 0.29) is 12.1 Å². The van der Waals surface area contributed by atoms with Crippen LogP contribution in [0.3, 0.4) is 0 Å². The maximum Gasteiger partial charge on any atom is 0.257 e. The summed E-state index contributed by atoms with van der Waals surface area (Å²) in [5, 5.41) is 3.48. The molecule has 1 aliphatic heterocycles. The Bertz CT molecular complexity index is 717. The van der Waals surface area contributed by atoms with Crippen LogP contribution in [-0.2, 0) is 4.74 Å². The Morgan fingerprint density at radius 3 is 2.75 bits per heavy atom. The average Bonchev–Trinajstić information content (AvgIpc) is 2.63. The molecule has 0 aliphatic carbocycles. The summed E-state index contributed by atoms with van der Waals surface area (Å²) in [6.45, 7) is 1.24. The van der Waals surface area contributed by atoms with Gasteiger partial charge in [0.2, 0.25) is 0 Å². The maximum atomic E-state index is 13.0. The van der Waals surface area contributed by atoms with Crippen molar-refractivity contribution in [1.82, 2.24) is 4.90 Å². The van der Waals surface area contributed by atoms with Crippen LogP contribution in [0.15, 0.2) is 48.5 Å². The fourth-order valence-electron chi connectivity index (χ4n) is 2.98. The molecule has 2 aromatic carbocycles. The number of carbonyl (C=O) groups excluding carboxylic acids is 1. The molecule has 1 heterocycles. The molecule has 5 heteroatoms. The van der Waals surface area contributed by atoms with Crippen molar-refractivity contribution in [3.8, 4) is 5.75 Å². The minimum atomic E-state index is -0.223. The number of amides is 1. The number of fused-ring (bicyclic) bond motifs is 1. The van der Waals surface area contributed by atoms with Gasteiger partial charge < -0.3 is 19.7 Å². The van der Waals surface area contributed by atoms with Crippen LogP contribution in [0, 0.1) is 0 Å². The van der Waals surface area contributed by atoms with E-state index < -0.39 is 0 Å². The molecular weight excluding hydrogens is 304 g/mol. The van der Waals surface area contributed by atoms with Crippen molar-refractivity contribution in [1.29, 1.82) is 0 Å². The molecule has 126 valence electrons. The average molecular weight is 326 g/mol. The summed E-state index contributed by atoms with van der Waals surface area (Å²) in [6, 6.07) is 15.4. The Hall–Kier alpha value is -2.53. The second kappa shape index (κ2) is 7.36. The molecule has 1 aliphatic rings. The molecule has 0 fully saturated rings. The molecule has 3 rings (SSSR count). The Morgan fingerprint density at radius 1 is 1.12 bits per heavy atom. The number of benzene rings is 2. The van der Waals surface area contributed by atoms with Crippen molar-refractivity contribution in [3.05, 3.63) is 59.7 Å². The molecule has 0 radical (unpaired) electrons. The zero-order valence-corrected chi connectivity index (χ0v) is 14.0. The zero-order valence-electron chi connectivity index (χ0n) is 14.0. The summed E-state index contributed by atoms with van der Waals surface area (Å²) in [4.78, 5) is 14.8. The van der Waals surface area contributed by atoms with Crippen LogP contribution < -0.4 is 10.1 Å². The molecular formula is C19H22N2O3. The summed E-state index contributed by atoms with van der Waals surface area (Å²) in [5.74, 6) is 0.811. The van der Waals surface area contributed by atoms with Crippen molar-refractivity contribution in [2.75, 3.05) is 32.7 Å². The first kappa shape index (κ1) is 16.3. The van der Waals surface area contributed by atoms with Crippen LogP contribution in [0.4, 0.5) is 5.69 Å². The number of nitrogens with zero attached hydrogens (tertiary/aromatic N) is 1. The maximum absolute atomic E-state index is 13.0. The largest absolute Gasteiger partial charge is 0.497 e. The van der Waals surface area contributed by atoms with Crippen LogP contribution in [-0.4, -0.2) is 38.2 Å². The van der Waals surface area contributed by atoms with E-state index in [0.717, 1.165) is 23.4 Å². The number of nitrogens with one attached hydrogen (secondary N) is 1. The normalized spacial score (nSPS) is 16.5. The standard InChI is InChI=1S/C19H22N2O3/c1-23-12-6-11-21-18(14-7-5-8-15(13-14)24-2)20-17-10-4-3-9-16(17)19(21)22/h3-5,7-10,13,18,20H,6,11-12H2,1-2H3. The number of ether oxygens (including phenoxy) is 2. The molecule has 0 spiro atoms. The van der Waals surface area contributed by atoms with Gasteiger partial charge in [0.1, 0.15) is 11.9 Å². The summed E-state index contributed by atoms with van der Waals surface area (Å²) in [7, 11) is 3.31. The number of hydrogen-bond acceptors (Lipinski definition) is 4. The molecule has 5 nitrogen and oxygen atoms in total. The van der Waals surface area contributed by atoms with Crippen molar-refractivity contribution >= 4 is 11.6 Å². The van der Waals surface area contributed by atoms with Gasteiger partial charge in [-0.05, 0) is 36.2 Å². The smallest absolute Gasteiger partial charge is 0.257 e. The van der Waals surface area contributed by atoms with E-state index in [2.05, 4.69) is 5.32 Å². The van der Waals surface area contributed by atoms with E-state index in [1.54, 1.807) is 14.2 Å². The molecule has 24 heavy (non-hydrogen) atoms.